The van der Waals surface area contributed by atoms with Gasteiger partial charge in [-0.25, -0.2) is 0 Å². The van der Waals surface area contributed by atoms with Crippen LogP contribution in [0.1, 0.15) is 59.3 Å². The minimum atomic E-state index is 0.159. The predicted octanol–water partition coefficient (Wildman–Crippen LogP) is 2.58. The molecule has 96 valence electrons. The fourth-order valence-corrected chi connectivity index (χ4v) is 1.76. The van der Waals surface area contributed by atoms with Crippen LogP contribution in [-0.2, 0) is 4.79 Å². The lowest BCUT2D eigenvalue weighted by atomic mass is 10.1. The van der Waals surface area contributed by atoms with Crippen molar-refractivity contribution in [2.45, 2.75) is 65.3 Å². The summed E-state index contributed by atoms with van der Waals surface area (Å²) < 4.78 is 0. The van der Waals surface area contributed by atoms with Crippen molar-refractivity contribution in [2.75, 3.05) is 13.2 Å². The number of carbonyl (C=O) groups excluding carboxylic acids is 1. The number of carbonyl (C=O) groups is 1. The van der Waals surface area contributed by atoms with Crippen molar-refractivity contribution in [2.24, 2.45) is 0 Å². The van der Waals surface area contributed by atoms with E-state index in [9.17, 15) is 4.79 Å². The molecular weight excluding hydrogens is 202 g/mol. The van der Waals surface area contributed by atoms with Gasteiger partial charge in [0.05, 0.1) is 0 Å². The zero-order valence-electron chi connectivity index (χ0n) is 11.0. The molecule has 0 aromatic rings. The number of hydrogen-bond acceptors (Lipinski definition) is 2. The summed E-state index contributed by atoms with van der Waals surface area (Å²) in [6.45, 7) is 7.07. The summed E-state index contributed by atoms with van der Waals surface area (Å²) in [4.78, 5) is 13.8. The van der Waals surface area contributed by atoms with Crippen molar-refractivity contribution in [1.29, 1.82) is 0 Å². The Morgan fingerprint density at radius 2 is 1.88 bits per heavy atom. The van der Waals surface area contributed by atoms with Gasteiger partial charge in [0.25, 0.3) is 0 Å². The molecule has 0 aromatic heterocycles. The van der Waals surface area contributed by atoms with Gasteiger partial charge in [0.1, 0.15) is 0 Å². The summed E-state index contributed by atoms with van der Waals surface area (Å²) in [5.74, 6) is 0.236. The molecule has 0 heterocycles. The highest BCUT2D eigenvalue weighted by molar-refractivity contribution is 5.76. The van der Waals surface area contributed by atoms with Crippen LogP contribution >= 0.6 is 0 Å². The van der Waals surface area contributed by atoms with Gasteiger partial charge in [-0.15, -0.1) is 0 Å². The lowest BCUT2D eigenvalue weighted by Crippen LogP contribution is -2.37. The molecule has 0 rings (SSSR count). The number of aliphatic hydroxyl groups excluding tert-OH is 1. The molecule has 0 radical (unpaired) electrons. The zero-order chi connectivity index (χ0) is 12.4. The Morgan fingerprint density at radius 3 is 2.38 bits per heavy atom. The lowest BCUT2D eigenvalue weighted by Gasteiger charge is -2.26. The van der Waals surface area contributed by atoms with Crippen LogP contribution in [0.4, 0.5) is 0 Å². The van der Waals surface area contributed by atoms with E-state index in [2.05, 4.69) is 6.92 Å². The first-order valence-electron chi connectivity index (χ1n) is 6.53. The number of aliphatic hydroxyl groups is 1. The van der Waals surface area contributed by atoms with Gasteiger partial charge in [0.15, 0.2) is 0 Å². The van der Waals surface area contributed by atoms with Crippen molar-refractivity contribution in [3.63, 3.8) is 0 Å². The molecule has 0 fully saturated rings. The molecule has 3 heteroatoms. The number of hydrogen-bond donors (Lipinski definition) is 1. The molecule has 0 atom stereocenters. The van der Waals surface area contributed by atoms with Crippen LogP contribution in [0.5, 0.6) is 0 Å². The molecule has 0 spiro atoms. The number of amides is 1. The van der Waals surface area contributed by atoms with E-state index in [4.69, 9.17) is 5.11 Å². The first-order chi connectivity index (χ1) is 7.63. The van der Waals surface area contributed by atoms with Gasteiger partial charge in [0, 0.05) is 25.6 Å². The molecule has 3 nitrogen and oxygen atoms in total. The monoisotopic (exact) mass is 229 g/mol. The Hall–Kier alpha value is -0.570. The lowest BCUT2D eigenvalue weighted by molar-refractivity contribution is -0.133. The standard InChI is InChI=1S/C13H27NO2/c1-4-5-6-7-9-13(16)14(12(2)3)10-8-11-15/h12,15H,4-11H2,1-3H3. The second-order valence-electron chi connectivity index (χ2n) is 4.57. The highest BCUT2D eigenvalue weighted by Gasteiger charge is 2.15. The van der Waals surface area contributed by atoms with Crippen LogP contribution in [0.15, 0.2) is 0 Å². The Bertz CT molecular complexity index is 181. The molecule has 0 bridgehead atoms. The fourth-order valence-electron chi connectivity index (χ4n) is 1.76. The molecule has 0 unspecified atom stereocenters. The Kier molecular flexibility index (Phi) is 9.30. The minimum Gasteiger partial charge on any atom is -0.396 e. The van der Waals surface area contributed by atoms with Crippen LogP contribution in [-0.4, -0.2) is 35.1 Å². The quantitative estimate of drug-likeness (QED) is 0.617. The highest BCUT2D eigenvalue weighted by atomic mass is 16.3. The minimum absolute atomic E-state index is 0.159. The Labute approximate surface area is 99.8 Å². The molecule has 0 aromatic carbocycles. The summed E-state index contributed by atoms with van der Waals surface area (Å²) >= 11 is 0. The molecule has 1 N–H and O–H groups in total. The van der Waals surface area contributed by atoms with Crippen molar-refractivity contribution >= 4 is 5.91 Å². The molecule has 0 saturated carbocycles. The van der Waals surface area contributed by atoms with Gasteiger partial charge in [-0.3, -0.25) is 4.79 Å². The molecular formula is C13H27NO2. The van der Waals surface area contributed by atoms with Gasteiger partial charge in [-0.2, -0.15) is 0 Å². The smallest absolute Gasteiger partial charge is 0.222 e. The largest absolute Gasteiger partial charge is 0.396 e. The maximum Gasteiger partial charge on any atom is 0.222 e. The molecule has 16 heavy (non-hydrogen) atoms. The first-order valence-corrected chi connectivity index (χ1v) is 6.53. The maximum atomic E-state index is 11.9. The molecule has 0 aliphatic heterocycles. The third kappa shape index (κ3) is 6.83. The van der Waals surface area contributed by atoms with E-state index in [0.29, 0.717) is 19.4 Å². The van der Waals surface area contributed by atoms with Gasteiger partial charge in [-0.05, 0) is 26.7 Å². The average Bonchev–Trinajstić information content (AvgIpc) is 2.24. The van der Waals surface area contributed by atoms with Crippen molar-refractivity contribution in [1.82, 2.24) is 4.90 Å². The number of rotatable bonds is 9. The van der Waals surface area contributed by atoms with Crippen LogP contribution < -0.4 is 0 Å². The van der Waals surface area contributed by atoms with E-state index in [0.717, 1.165) is 12.8 Å². The van der Waals surface area contributed by atoms with E-state index in [-0.39, 0.29) is 18.6 Å². The third-order valence-corrected chi connectivity index (χ3v) is 2.75. The topological polar surface area (TPSA) is 40.5 Å². The summed E-state index contributed by atoms with van der Waals surface area (Å²) in [6.07, 6.45) is 5.89. The van der Waals surface area contributed by atoms with Crippen molar-refractivity contribution in [3.8, 4) is 0 Å². The number of unbranched alkanes of at least 4 members (excludes halogenated alkanes) is 3. The summed E-state index contributed by atoms with van der Waals surface area (Å²) in [6, 6.07) is 0.241. The van der Waals surface area contributed by atoms with E-state index < -0.39 is 0 Å². The van der Waals surface area contributed by atoms with E-state index >= 15 is 0 Å². The SMILES string of the molecule is CCCCCCC(=O)N(CCCO)C(C)C. The fraction of sp³-hybridized carbons (Fsp3) is 0.923. The molecule has 0 saturated heterocycles. The van der Waals surface area contributed by atoms with Crippen LogP contribution in [0.2, 0.25) is 0 Å². The second kappa shape index (κ2) is 9.64. The average molecular weight is 229 g/mol. The normalized spacial score (nSPS) is 10.8. The van der Waals surface area contributed by atoms with E-state index in [1.54, 1.807) is 0 Å². The third-order valence-electron chi connectivity index (χ3n) is 2.75. The van der Waals surface area contributed by atoms with E-state index in [1.165, 1.54) is 12.8 Å². The van der Waals surface area contributed by atoms with Gasteiger partial charge < -0.3 is 10.0 Å². The van der Waals surface area contributed by atoms with Crippen molar-refractivity contribution < 1.29 is 9.90 Å². The van der Waals surface area contributed by atoms with Gasteiger partial charge in [0.2, 0.25) is 5.91 Å². The van der Waals surface area contributed by atoms with Crippen LogP contribution in [0.3, 0.4) is 0 Å². The summed E-state index contributed by atoms with van der Waals surface area (Å²) in [5.41, 5.74) is 0. The maximum absolute atomic E-state index is 11.9. The molecule has 0 aliphatic rings. The highest BCUT2D eigenvalue weighted by Crippen LogP contribution is 2.08. The number of nitrogens with zero attached hydrogens (tertiary/aromatic N) is 1. The first kappa shape index (κ1) is 15.4. The molecule has 0 aliphatic carbocycles. The predicted molar refractivity (Wildman–Crippen MR) is 67.3 cm³/mol. The van der Waals surface area contributed by atoms with Crippen molar-refractivity contribution in [3.05, 3.63) is 0 Å². The van der Waals surface area contributed by atoms with Crippen LogP contribution in [0.25, 0.3) is 0 Å². The zero-order valence-corrected chi connectivity index (χ0v) is 11.0. The Morgan fingerprint density at radius 1 is 1.19 bits per heavy atom. The van der Waals surface area contributed by atoms with E-state index in [1.807, 2.05) is 18.7 Å². The van der Waals surface area contributed by atoms with Gasteiger partial charge in [-0.1, -0.05) is 26.2 Å². The summed E-state index contributed by atoms with van der Waals surface area (Å²) in [5, 5.41) is 8.79. The summed E-state index contributed by atoms with van der Waals surface area (Å²) in [7, 11) is 0. The molecule has 1 amide bonds. The van der Waals surface area contributed by atoms with Gasteiger partial charge >= 0.3 is 0 Å². The van der Waals surface area contributed by atoms with Crippen LogP contribution in [0, 0.1) is 0 Å². The Balaban J connectivity index is 3.87. The second-order valence-corrected chi connectivity index (χ2v) is 4.57.